The number of aromatic nitrogens is 3. The fraction of sp³-hybridized carbons (Fsp3) is 0.0345. The number of rotatable bonds is 7. The Morgan fingerprint density at radius 1 is 1.00 bits per heavy atom. The summed E-state index contributed by atoms with van der Waals surface area (Å²) < 4.78 is 45.7. The average molecular weight is 571 g/mol. The molecular formula is C29H21F3N8O2. The lowest BCUT2D eigenvalue weighted by atomic mass is 10.0. The van der Waals surface area contributed by atoms with Gasteiger partial charge >= 0.3 is 18.2 Å². The molecule has 0 atom stereocenters. The highest BCUT2D eigenvalue weighted by atomic mass is 19.4. The lowest BCUT2D eigenvalue weighted by Crippen LogP contribution is -2.20. The Morgan fingerprint density at radius 3 is 2.43 bits per heavy atom. The fourth-order valence-electron chi connectivity index (χ4n) is 3.88. The van der Waals surface area contributed by atoms with Crippen molar-refractivity contribution in [1.29, 1.82) is 5.41 Å². The van der Waals surface area contributed by atoms with Crippen LogP contribution >= 0.6 is 0 Å². The van der Waals surface area contributed by atoms with E-state index in [0.717, 1.165) is 17.7 Å². The van der Waals surface area contributed by atoms with Gasteiger partial charge in [-0.25, -0.2) is 19.8 Å². The minimum atomic E-state index is -4.59. The molecule has 13 heteroatoms. The molecule has 2 aromatic carbocycles. The first-order valence-electron chi connectivity index (χ1n) is 12.3. The van der Waals surface area contributed by atoms with Gasteiger partial charge in [-0.3, -0.25) is 4.98 Å². The molecule has 5 rings (SSSR count). The van der Waals surface area contributed by atoms with Crippen LogP contribution in [0.2, 0.25) is 0 Å². The molecule has 3 heterocycles. The van der Waals surface area contributed by atoms with Crippen LogP contribution < -0.4 is 20.7 Å². The summed E-state index contributed by atoms with van der Waals surface area (Å²) in [5.41, 5.74) is 1.44. The molecule has 0 aliphatic carbocycles. The molecule has 1 aliphatic heterocycles. The van der Waals surface area contributed by atoms with Gasteiger partial charge in [-0.1, -0.05) is 24.3 Å². The minimum absolute atomic E-state index is 0.000216. The van der Waals surface area contributed by atoms with Crippen LogP contribution in [0, 0.1) is 5.41 Å². The summed E-state index contributed by atoms with van der Waals surface area (Å²) in [7, 11) is 0. The molecule has 1 aliphatic rings. The van der Waals surface area contributed by atoms with Gasteiger partial charge in [-0.05, 0) is 42.0 Å². The summed E-state index contributed by atoms with van der Waals surface area (Å²) in [6.45, 7) is 0. The predicted molar refractivity (Wildman–Crippen MR) is 152 cm³/mol. The first kappa shape index (κ1) is 27.7. The standard InChI is InChI=1S/C29H21F3N8O2/c30-29(31,32)20-6-9-23(19-3-1-10-34-15-19)25(13-20)40-27(41)39-21-16-37-28(38-17-21)42-22-7-4-18(5-8-22)24(14-33)26-35-11-2-12-36-26/h1-17,33,35H,(H2,39,40,41)/b26-24-,33-14?. The molecular weight excluding hydrogens is 549 g/mol. The zero-order valence-electron chi connectivity index (χ0n) is 21.6. The number of alkyl halides is 3. The first-order valence-corrected chi connectivity index (χ1v) is 12.3. The van der Waals surface area contributed by atoms with Crippen LogP contribution in [0.15, 0.2) is 102 Å². The summed E-state index contributed by atoms with van der Waals surface area (Å²) in [5, 5.41) is 15.7. The molecule has 4 N–H and O–H groups in total. The first-order chi connectivity index (χ1) is 20.3. The van der Waals surface area contributed by atoms with Gasteiger partial charge in [0.15, 0.2) is 0 Å². The van der Waals surface area contributed by atoms with Crippen molar-refractivity contribution in [2.75, 3.05) is 10.6 Å². The van der Waals surface area contributed by atoms with Crippen LogP contribution in [0.5, 0.6) is 11.8 Å². The lowest BCUT2D eigenvalue weighted by Gasteiger charge is -2.15. The molecule has 10 nitrogen and oxygen atoms in total. The number of benzene rings is 2. The number of nitrogens with one attached hydrogen (secondary N) is 4. The Labute approximate surface area is 237 Å². The number of hydrogen-bond donors (Lipinski definition) is 4. The zero-order valence-corrected chi connectivity index (χ0v) is 21.6. The molecule has 0 saturated carbocycles. The van der Waals surface area contributed by atoms with Crippen molar-refractivity contribution in [3.05, 3.63) is 109 Å². The van der Waals surface area contributed by atoms with Crippen molar-refractivity contribution in [1.82, 2.24) is 20.3 Å². The van der Waals surface area contributed by atoms with E-state index in [2.05, 4.69) is 35.9 Å². The van der Waals surface area contributed by atoms with E-state index in [9.17, 15) is 18.0 Å². The van der Waals surface area contributed by atoms with E-state index in [1.807, 2.05) is 0 Å². The normalized spacial score (nSPS) is 13.6. The van der Waals surface area contributed by atoms with Gasteiger partial charge in [-0.2, -0.15) is 13.2 Å². The number of hydrogen-bond acceptors (Lipinski definition) is 8. The Balaban J connectivity index is 1.25. The molecule has 0 fully saturated rings. The Kier molecular flexibility index (Phi) is 8.00. The Morgan fingerprint density at radius 2 is 1.79 bits per heavy atom. The van der Waals surface area contributed by atoms with Crippen molar-refractivity contribution in [2.45, 2.75) is 6.18 Å². The molecule has 0 unspecified atom stereocenters. The Hall–Kier alpha value is -5.85. The molecule has 4 aromatic rings. The van der Waals surface area contributed by atoms with Crippen molar-refractivity contribution in [2.24, 2.45) is 4.99 Å². The molecule has 2 aromatic heterocycles. The molecule has 42 heavy (non-hydrogen) atoms. The maximum absolute atomic E-state index is 13.3. The summed E-state index contributed by atoms with van der Waals surface area (Å²) in [6, 6.07) is 12.5. The van der Waals surface area contributed by atoms with Gasteiger partial charge in [-0.15, -0.1) is 0 Å². The number of aliphatic imine (C=N–C) groups is 1. The quantitative estimate of drug-likeness (QED) is 0.187. The van der Waals surface area contributed by atoms with Crippen LogP contribution in [0.1, 0.15) is 11.1 Å². The number of ether oxygens (including phenoxy) is 1. The number of anilines is 2. The van der Waals surface area contributed by atoms with Gasteiger partial charge in [0.25, 0.3) is 0 Å². The number of carbonyl (C=O) groups is 1. The number of pyridine rings is 1. The topological polar surface area (TPSA) is 137 Å². The average Bonchev–Trinajstić information content (AvgIpc) is 3.00. The largest absolute Gasteiger partial charge is 0.424 e. The van der Waals surface area contributed by atoms with E-state index in [1.165, 1.54) is 37.1 Å². The van der Waals surface area contributed by atoms with E-state index in [1.54, 1.807) is 54.9 Å². The van der Waals surface area contributed by atoms with Crippen molar-refractivity contribution >= 4 is 35.4 Å². The van der Waals surface area contributed by atoms with Crippen LogP contribution in [0.25, 0.3) is 16.7 Å². The maximum atomic E-state index is 13.3. The van der Waals surface area contributed by atoms with Crippen LogP contribution in [0.4, 0.5) is 29.3 Å². The highest BCUT2D eigenvalue weighted by Crippen LogP contribution is 2.36. The Bertz CT molecular complexity index is 1690. The number of halogens is 3. The monoisotopic (exact) mass is 570 g/mol. The zero-order chi connectivity index (χ0) is 29.5. The third-order valence-electron chi connectivity index (χ3n) is 5.83. The van der Waals surface area contributed by atoms with Gasteiger partial charge < -0.3 is 26.1 Å². The van der Waals surface area contributed by atoms with Crippen LogP contribution in [0.3, 0.4) is 0 Å². The van der Waals surface area contributed by atoms with E-state index in [-0.39, 0.29) is 17.4 Å². The highest BCUT2D eigenvalue weighted by molar-refractivity contribution is 6.10. The summed E-state index contributed by atoms with van der Waals surface area (Å²) >= 11 is 0. The number of nitrogens with zero attached hydrogens (tertiary/aromatic N) is 4. The van der Waals surface area contributed by atoms with Gasteiger partial charge in [0.1, 0.15) is 11.6 Å². The minimum Gasteiger partial charge on any atom is -0.424 e. The molecule has 2 amide bonds. The van der Waals surface area contributed by atoms with E-state index in [0.29, 0.717) is 28.3 Å². The van der Waals surface area contributed by atoms with E-state index < -0.39 is 17.8 Å². The van der Waals surface area contributed by atoms with Crippen LogP contribution in [-0.2, 0) is 6.18 Å². The lowest BCUT2D eigenvalue weighted by molar-refractivity contribution is -0.137. The maximum Gasteiger partial charge on any atom is 0.416 e. The summed E-state index contributed by atoms with van der Waals surface area (Å²) in [6.07, 6.45) is 7.29. The van der Waals surface area contributed by atoms with Crippen molar-refractivity contribution < 1.29 is 22.7 Å². The molecule has 0 bridgehead atoms. The molecule has 0 saturated heterocycles. The third kappa shape index (κ3) is 6.65. The smallest absolute Gasteiger partial charge is 0.416 e. The summed E-state index contributed by atoms with van der Waals surface area (Å²) in [4.78, 5) is 29.1. The van der Waals surface area contributed by atoms with E-state index >= 15 is 0 Å². The molecule has 0 radical (unpaired) electrons. The summed E-state index contributed by atoms with van der Waals surface area (Å²) in [5.74, 6) is 0.969. The molecule has 210 valence electrons. The number of allylic oxidation sites excluding steroid dienone is 2. The highest BCUT2D eigenvalue weighted by Gasteiger charge is 2.31. The van der Waals surface area contributed by atoms with Gasteiger partial charge in [0.2, 0.25) is 0 Å². The van der Waals surface area contributed by atoms with Crippen molar-refractivity contribution in [3.8, 4) is 22.9 Å². The van der Waals surface area contributed by atoms with Crippen molar-refractivity contribution in [3.63, 3.8) is 0 Å². The molecule has 0 spiro atoms. The van der Waals surface area contributed by atoms with E-state index in [4.69, 9.17) is 10.1 Å². The third-order valence-corrected chi connectivity index (χ3v) is 5.83. The fourth-order valence-corrected chi connectivity index (χ4v) is 3.88. The number of urea groups is 1. The SMILES string of the molecule is N=C/C(=C1/N=CC=CN1)c1ccc(Oc2ncc(NC(=O)Nc3cc(C(F)(F)F)ccc3-c3cccnc3)cn2)cc1. The predicted octanol–water partition coefficient (Wildman–Crippen LogP) is 6.50. The second kappa shape index (κ2) is 12.1. The van der Waals surface area contributed by atoms with Gasteiger partial charge in [0, 0.05) is 47.7 Å². The second-order valence-electron chi connectivity index (χ2n) is 8.65. The van der Waals surface area contributed by atoms with Gasteiger partial charge in [0.05, 0.1) is 29.3 Å². The number of carbonyl (C=O) groups excluding carboxylic acids is 1. The number of amides is 2. The second-order valence-corrected chi connectivity index (χ2v) is 8.65. The van der Waals surface area contributed by atoms with Crippen LogP contribution in [-0.4, -0.2) is 33.4 Å².